The Bertz CT molecular complexity index is 279. The molecule has 1 saturated heterocycles. The number of halogens is 1. The number of hydrogen-bond acceptors (Lipinski definition) is 2. The SMILES string of the molecule is NC(c1ccc(Cl)cc1)C1CNC1. The Morgan fingerprint density at radius 1 is 1.31 bits per heavy atom. The van der Waals surface area contributed by atoms with E-state index in [1.807, 2.05) is 24.3 Å². The summed E-state index contributed by atoms with van der Waals surface area (Å²) in [4.78, 5) is 0. The van der Waals surface area contributed by atoms with Crippen molar-refractivity contribution in [2.24, 2.45) is 11.7 Å². The fourth-order valence-electron chi connectivity index (χ4n) is 1.52. The van der Waals surface area contributed by atoms with E-state index in [2.05, 4.69) is 5.32 Å². The average Bonchev–Trinajstić information content (AvgIpc) is 2.02. The molecule has 0 aliphatic carbocycles. The lowest BCUT2D eigenvalue weighted by molar-refractivity contribution is 0.295. The van der Waals surface area contributed by atoms with Crippen molar-refractivity contribution in [2.75, 3.05) is 13.1 Å². The van der Waals surface area contributed by atoms with Crippen molar-refractivity contribution in [2.45, 2.75) is 6.04 Å². The zero-order chi connectivity index (χ0) is 9.26. The van der Waals surface area contributed by atoms with Gasteiger partial charge in [-0.3, -0.25) is 0 Å². The first-order chi connectivity index (χ1) is 6.27. The monoisotopic (exact) mass is 196 g/mol. The average molecular weight is 197 g/mol. The van der Waals surface area contributed by atoms with Gasteiger partial charge in [-0.15, -0.1) is 0 Å². The molecule has 2 nitrogen and oxygen atoms in total. The van der Waals surface area contributed by atoms with E-state index in [0.717, 1.165) is 18.1 Å². The molecule has 1 heterocycles. The highest BCUT2D eigenvalue weighted by molar-refractivity contribution is 6.30. The van der Waals surface area contributed by atoms with Crippen LogP contribution in [0.2, 0.25) is 5.02 Å². The summed E-state index contributed by atoms with van der Waals surface area (Å²) in [5.41, 5.74) is 7.24. The van der Waals surface area contributed by atoms with Gasteiger partial charge in [0.25, 0.3) is 0 Å². The molecular weight excluding hydrogens is 184 g/mol. The summed E-state index contributed by atoms with van der Waals surface area (Å²) in [5.74, 6) is 0.584. The predicted molar refractivity (Wildman–Crippen MR) is 54.7 cm³/mol. The highest BCUT2D eigenvalue weighted by Gasteiger charge is 2.24. The molecule has 3 N–H and O–H groups in total. The van der Waals surface area contributed by atoms with Gasteiger partial charge in [-0.25, -0.2) is 0 Å². The molecule has 0 aromatic heterocycles. The molecule has 0 amide bonds. The van der Waals surface area contributed by atoms with E-state index in [1.165, 1.54) is 5.56 Å². The maximum absolute atomic E-state index is 6.07. The normalized spacial score (nSPS) is 19.5. The summed E-state index contributed by atoms with van der Waals surface area (Å²) in [6.07, 6.45) is 0. The van der Waals surface area contributed by atoms with Gasteiger partial charge in [0, 0.05) is 30.1 Å². The van der Waals surface area contributed by atoms with E-state index in [0.29, 0.717) is 5.92 Å². The molecule has 70 valence electrons. The first kappa shape index (κ1) is 9.00. The van der Waals surface area contributed by atoms with Crippen LogP contribution in [-0.4, -0.2) is 13.1 Å². The maximum Gasteiger partial charge on any atom is 0.0406 e. The molecule has 13 heavy (non-hydrogen) atoms. The number of rotatable bonds is 2. The van der Waals surface area contributed by atoms with Crippen LogP contribution < -0.4 is 11.1 Å². The van der Waals surface area contributed by atoms with Crippen LogP contribution in [0.15, 0.2) is 24.3 Å². The Kier molecular flexibility index (Phi) is 2.54. The van der Waals surface area contributed by atoms with Crippen LogP contribution in [0.25, 0.3) is 0 Å². The zero-order valence-electron chi connectivity index (χ0n) is 7.33. The molecule has 1 fully saturated rings. The minimum Gasteiger partial charge on any atom is -0.324 e. The fourth-order valence-corrected chi connectivity index (χ4v) is 1.65. The van der Waals surface area contributed by atoms with Crippen molar-refractivity contribution in [3.8, 4) is 0 Å². The van der Waals surface area contributed by atoms with Crippen LogP contribution in [0.5, 0.6) is 0 Å². The highest BCUT2D eigenvalue weighted by Crippen LogP contribution is 2.23. The Labute approximate surface area is 83.1 Å². The quantitative estimate of drug-likeness (QED) is 0.754. The number of benzene rings is 1. The van der Waals surface area contributed by atoms with Gasteiger partial charge in [0.1, 0.15) is 0 Å². The Morgan fingerprint density at radius 3 is 2.38 bits per heavy atom. The second-order valence-corrected chi connectivity index (χ2v) is 3.93. The van der Waals surface area contributed by atoms with Gasteiger partial charge < -0.3 is 11.1 Å². The van der Waals surface area contributed by atoms with Crippen molar-refractivity contribution in [1.29, 1.82) is 0 Å². The zero-order valence-corrected chi connectivity index (χ0v) is 8.09. The third-order valence-corrected chi connectivity index (χ3v) is 2.83. The van der Waals surface area contributed by atoms with Crippen molar-refractivity contribution in [1.82, 2.24) is 5.32 Å². The molecule has 1 aromatic rings. The second-order valence-electron chi connectivity index (χ2n) is 3.50. The van der Waals surface area contributed by atoms with Crippen molar-refractivity contribution in [3.63, 3.8) is 0 Å². The standard InChI is InChI=1S/C10H13ClN2/c11-9-3-1-7(2-4-9)10(12)8-5-13-6-8/h1-4,8,10,13H,5-6,12H2. The topological polar surface area (TPSA) is 38.0 Å². The summed E-state index contributed by atoms with van der Waals surface area (Å²) in [7, 11) is 0. The van der Waals surface area contributed by atoms with E-state index in [9.17, 15) is 0 Å². The van der Waals surface area contributed by atoms with Crippen LogP contribution in [0.3, 0.4) is 0 Å². The van der Waals surface area contributed by atoms with Gasteiger partial charge in [-0.05, 0) is 17.7 Å². The van der Waals surface area contributed by atoms with Crippen LogP contribution in [0.4, 0.5) is 0 Å². The lowest BCUT2D eigenvalue weighted by Crippen LogP contribution is -2.47. The Balaban J connectivity index is 2.10. The van der Waals surface area contributed by atoms with Crippen molar-refractivity contribution < 1.29 is 0 Å². The van der Waals surface area contributed by atoms with Crippen molar-refractivity contribution in [3.05, 3.63) is 34.9 Å². The molecule has 0 saturated carbocycles. The van der Waals surface area contributed by atoms with Gasteiger partial charge in [0.15, 0.2) is 0 Å². The van der Waals surface area contributed by atoms with Gasteiger partial charge in [0.2, 0.25) is 0 Å². The maximum atomic E-state index is 6.07. The van der Waals surface area contributed by atoms with Crippen molar-refractivity contribution >= 4 is 11.6 Å². The van der Waals surface area contributed by atoms with Gasteiger partial charge >= 0.3 is 0 Å². The Morgan fingerprint density at radius 2 is 1.92 bits per heavy atom. The smallest absolute Gasteiger partial charge is 0.0406 e. The van der Waals surface area contributed by atoms with Gasteiger partial charge in [0.05, 0.1) is 0 Å². The molecule has 0 spiro atoms. The van der Waals surface area contributed by atoms with E-state index >= 15 is 0 Å². The third-order valence-electron chi connectivity index (χ3n) is 2.58. The summed E-state index contributed by atoms with van der Waals surface area (Å²) in [6, 6.07) is 7.95. The van der Waals surface area contributed by atoms with Gasteiger partial charge in [-0.2, -0.15) is 0 Å². The largest absolute Gasteiger partial charge is 0.324 e. The molecule has 1 aromatic carbocycles. The second kappa shape index (κ2) is 3.66. The highest BCUT2D eigenvalue weighted by atomic mass is 35.5. The van der Waals surface area contributed by atoms with E-state index in [-0.39, 0.29) is 6.04 Å². The first-order valence-electron chi connectivity index (χ1n) is 4.49. The van der Waals surface area contributed by atoms with Crippen LogP contribution >= 0.6 is 11.6 Å². The number of nitrogens with one attached hydrogen (secondary N) is 1. The summed E-state index contributed by atoms with van der Waals surface area (Å²) >= 11 is 5.79. The van der Waals surface area contributed by atoms with E-state index in [1.54, 1.807) is 0 Å². The number of hydrogen-bond donors (Lipinski definition) is 2. The number of nitrogens with two attached hydrogens (primary N) is 1. The van der Waals surface area contributed by atoms with Gasteiger partial charge in [-0.1, -0.05) is 23.7 Å². The minimum atomic E-state index is 0.151. The van der Waals surface area contributed by atoms with Crippen LogP contribution in [0, 0.1) is 5.92 Å². The molecule has 1 atom stereocenters. The lowest BCUT2D eigenvalue weighted by Gasteiger charge is -2.32. The summed E-state index contributed by atoms with van der Waals surface area (Å²) < 4.78 is 0. The molecule has 0 radical (unpaired) electrons. The molecule has 1 aliphatic heterocycles. The molecule has 2 rings (SSSR count). The lowest BCUT2D eigenvalue weighted by atomic mass is 9.89. The molecule has 0 bridgehead atoms. The van der Waals surface area contributed by atoms with Crippen LogP contribution in [-0.2, 0) is 0 Å². The van der Waals surface area contributed by atoms with Crippen LogP contribution in [0.1, 0.15) is 11.6 Å². The predicted octanol–water partition coefficient (Wildman–Crippen LogP) is 1.56. The molecule has 1 unspecified atom stereocenters. The third kappa shape index (κ3) is 1.85. The molecular formula is C10H13ClN2. The van der Waals surface area contributed by atoms with E-state index < -0.39 is 0 Å². The minimum absolute atomic E-state index is 0.151. The summed E-state index contributed by atoms with van der Waals surface area (Å²) in [5, 5.41) is 3.98. The first-order valence-corrected chi connectivity index (χ1v) is 4.87. The fraction of sp³-hybridized carbons (Fsp3) is 0.400. The summed E-state index contributed by atoms with van der Waals surface area (Å²) in [6.45, 7) is 2.06. The van der Waals surface area contributed by atoms with E-state index in [4.69, 9.17) is 17.3 Å². The Hall–Kier alpha value is -0.570. The molecule has 1 aliphatic rings. The molecule has 3 heteroatoms.